The molecule has 5 heteroatoms. The highest BCUT2D eigenvalue weighted by molar-refractivity contribution is 6.35. The molecule has 96 valence electrons. The molecule has 0 spiro atoms. The lowest BCUT2D eigenvalue weighted by molar-refractivity contribution is 0.400. The summed E-state index contributed by atoms with van der Waals surface area (Å²) in [5.74, 6) is -0.173. The Bertz CT molecular complexity index is 685. The van der Waals surface area contributed by atoms with Crippen LogP contribution in [0.4, 0.5) is 0 Å². The van der Waals surface area contributed by atoms with E-state index < -0.39 is 11.4 Å². The molecule has 1 heterocycles. The Kier molecular flexibility index (Phi) is 3.57. The van der Waals surface area contributed by atoms with E-state index in [-0.39, 0.29) is 5.39 Å². The van der Waals surface area contributed by atoms with Crippen molar-refractivity contribution in [2.24, 2.45) is 5.92 Å². The van der Waals surface area contributed by atoms with Crippen LogP contribution in [0.1, 0.15) is 20.3 Å². The van der Waals surface area contributed by atoms with E-state index in [0.29, 0.717) is 23.0 Å². The van der Waals surface area contributed by atoms with Crippen molar-refractivity contribution in [3.63, 3.8) is 0 Å². The summed E-state index contributed by atoms with van der Waals surface area (Å²) in [5.41, 5.74) is -0.147. The molecule has 18 heavy (non-hydrogen) atoms. The van der Waals surface area contributed by atoms with Gasteiger partial charge in [0, 0.05) is 6.54 Å². The first-order valence-electron chi connectivity index (χ1n) is 5.83. The van der Waals surface area contributed by atoms with Crippen LogP contribution in [0.3, 0.4) is 0 Å². The van der Waals surface area contributed by atoms with E-state index in [1.165, 1.54) is 4.57 Å². The molecule has 0 atom stereocenters. The Morgan fingerprint density at radius 1 is 1.33 bits per heavy atom. The van der Waals surface area contributed by atoms with Gasteiger partial charge in [0.25, 0.3) is 0 Å². The molecule has 1 aromatic carbocycles. The van der Waals surface area contributed by atoms with Gasteiger partial charge in [-0.2, -0.15) is 0 Å². The van der Waals surface area contributed by atoms with Crippen LogP contribution in [-0.4, -0.2) is 4.57 Å². The molecule has 0 amide bonds. The normalized spacial score (nSPS) is 11.3. The van der Waals surface area contributed by atoms with Gasteiger partial charge in [-0.1, -0.05) is 31.5 Å². The van der Waals surface area contributed by atoms with Crippen molar-refractivity contribution >= 4 is 22.5 Å². The highest BCUT2D eigenvalue weighted by Crippen LogP contribution is 2.19. The number of fused-ring (bicyclic) bond motifs is 1. The lowest BCUT2D eigenvalue weighted by atomic mass is 10.1. The predicted octanol–water partition coefficient (Wildman–Crippen LogP) is 2.65. The molecule has 0 bridgehead atoms. The Morgan fingerprint density at radius 3 is 2.72 bits per heavy atom. The molecule has 0 unspecified atom stereocenters. The average Bonchev–Trinajstić information content (AvgIpc) is 2.27. The van der Waals surface area contributed by atoms with E-state index in [4.69, 9.17) is 16.0 Å². The SMILES string of the molecule is CC(C)CCn1c(=O)oc(=O)c2c(Cl)cccc21. The highest BCUT2D eigenvalue weighted by Gasteiger charge is 2.12. The van der Waals surface area contributed by atoms with Gasteiger partial charge in [0.15, 0.2) is 0 Å². The highest BCUT2D eigenvalue weighted by atomic mass is 35.5. The predicted molar refractivity (Wildman–Crippen MR) is 71.2 cm³/mol. The van der Waals surface area contributed by atoms with Gasteiger partial charge in [0.1, 0.15) is 5.39 Å². The fraction of sp³-hybridized carbons (Fsp3) is 0.385. The zero-order valence-electron chi connectivity index (χ0n) is 10.3. The van der Waals surface area contributed by atoms with Crippen molar-refractivity contribution in [3.8, 4) is 0 Å². The first-order chi connectivity index (χ1) is 8.50. The molecule has 0 saturated carbocycles. The van der Waals surface area contributed by atoms with Crippen LogP contribution < -0.4 is 11.4 Å². The first kappa shape index (κ1) is 12.9. The molecule has 2 rings (SSSR count). The molecule has 2 aromatic rings. The maximum absolute atomic E-state index is 11.7. The summed E-state index contributed by atoms with van der Waals surface area (Å²) in [6.45, 7) is 4.65. The van der Waals surface area contributed by atoms with Crippen molar-refractivity contribution < 1.29 is 4.42 Å². The van der Waals surface area contributed by atoms with Crippen LogP contribution in [0, 0.1) is 5.92 Å². The minimum atomic E-state index is -0.679. The molecule has 1 aromatic heterocycles. The molecule has 0 N–H and O–H groups in total. The third-order valence-corrected chi connectivity index (χ3v) is 3.13. The Balaban J connectivity index is 2.69. The van der Waals surface area contributed by atoms with Gasteiger partial charge < -0.3 is 4.42 Å². The topological polar surface area (TPSA) is 52.2 Å². The van der Waals surface area contributed by atoms with E-state index in [1.807, 2.05) is 0 Å². The minimum Gasteiger partial charge on any atom is -0.372 e. The minimum absolute atomic E-state index is 0.266. The van der Waals surface area contributed by atoms with Crippen molar-refractivity contribution in [1.82, 2.24) is 4.57 Å². The van der Waals surface area contributed by atoms with E-state index in [1.54, 1.807) is 18.2 Å². The zero-order chi connectivity index (χ0) is 13.3. The van der Waals surface area contributed by atoms with Crippen LogP contribution in [0.15, 0.2) is 32.2 Å². The van der Waals surface area contributed by atoms with Gasteiger partial charge >= 0.3 is 11.4 Å². The van der Waals surface area contributed by atoms with Crippen LogP contribution in [0.2, 0.25) is 5.02 Å². The summed E-state index contributed by atoms with van der Waals surface area (Å²) in [6, 6.07) is 5.04. The molecule has 0 saturated heterocycles. The van der Waals surface area contributed by atoms with Gasteiger partial charge in [-0.3, -0.25) is 4.57 Å². The lowest BCUT2D eigenvalue weighted by Gasteiger charge is -2.10. The number of benzene rings is 1. The number of hydrogen-bond donors (Lipinski definition) is 0. The Labute approximate surface area is 109 Å². The van der Waals surface area contributed by atoms with Crippen LogP contribution in [0.5, 0.6) is 0 Å². The Hall–Kier alpha value is -1.55. The third kappa shape index (κ3) is 2.34. The van der Waals surface area contributed by atoms with Crippen LogP contribution >= 0.6 is 11.6 Å². The smallest absolute Gasteiger partial charge is 0.372 e. The van der Waals surface area contributed by atoms with Gasteiger partial charge in [0.2, 0.25) is 0 Å². The summed E-state index contributed by atoms with van der Waals surface area (Å²) in [6.07, 6.45) is 0.829. The van der Waals surface area contributed by atoms with Crippen molar-refractivity contribution in [2.45, 2.75) is 26.8 Å². The second kappa shape index (κ2) is 4.98. The summed E-state index contributed by atoms with van der Waals surface area (Å²) >= 11 is 5.97. The zero-order valence-corrected chi connectivity index (χ0v) is 11.0. The lowest BCUT2D eigenvalue weighted by Crippen LogP contribution is -2.25. The molecule has 0 fully saturated rings. The molecule has 0 aliphatic rings. The second-order valence-corrected chi connectivity index (χ2v) is 5.03. The second-order valence-electron chi connectivity index (χ2n) is 4.62. The molecule has 0 aliphatic heterocycles. The maximum atomic E-state index is 11.7. The number of nitrogens with zero attached hydrogens (tertiary/aromatic N) is 1. The first-order valence-corrected chi connectivity index (χ1v) is 6.20. The molecular weight excluding hydrogens is 254 g/mol. The van der Waals surface area contributed by atoms with E-state index in [2.05, 4.69) is 13.8 Å². The average molecular weight is 268 g/mol. The number of aromatic nitrogens is 1. The quantitative estimate of drug-likeness (QED) is 0.859. The molecule has 0 radical (unpaired) electrons. The molecule has 4 nitrogen and oxygen atoms in total. The number of aryl methyl sites for hydroxylation is 1. The van der Waals surface area contributed by atoms with Gasteiger partial charge in [-0.05, 0) is 24.5 Å². The van der Waals surface area contributed by atoms with Crippen LogP contribution in [-0.2, 0) is 6.54 Å². The molecule has 0 aliphatic carbocycles. The summed E-state index contributed by atoms with van der Waals surface area (Å²) in [4.78, 5) is 23.4. The van der Waals surface area contributed by atoms with Crippen molar-refractivity contribution in [2.75, 3.05) is 0 Å². The number of rotatable bonds is 3. The van der Waals surface area contributed by atoms with E-state index in [9.17, 15) is 9.59 Å². The maximum Gasteiger partial charge on any atom is 0.422 e. The van der Waals surface area contributed by atoms with E-state index >= 15 is 0 Å². The fourth-order valence-corrected chi connectivity index (χ4v) is 2.07. The van der Waals surface area contributed by atoms with Crippen molar-refractivity contribution in [3.05, 3.63) is 44.2 Å². The van der Waals surface area contributed by atoms with Crippen molar-refractivity contribution in [1.29, 1.82) is 0 Å². The largest absolute Gasteiger partial charge is 0.422 e. The number of halogens is 1. The Morgan fingerprint density at radius 2 is 2.06 bits per heavy atom. The monoisotopic (exact) mass is 267 g/mol. The van der Waals surface area contributed by atoms with Gasteiger partial charge in [-0.25, -0.2) is 9.59 Å². The van der Waals surface area contributed by atoms with Crippen LogP contribution in [0.25, 0.3) is 10.9 Å². The van der Waals surface area contributed by atoms with Gasteiger partial charge in [-0.15, -0.1) is 0 Å². The van der Waals surface area contributed by atoms with Gasteiger partial charge in [0.05, 0.1) is 10.5 Å². The summed E-state index contributed by atoms with van der Waals surface area (Å²) in [5, 5.41) is 0.571. The third-order valence-electron chi connectivity index (χ3n) is 2.82. The summed E-state index contributed by atoms with van der Waals surface area (Å²) < 4.78 is 6.16. The fourth-order valence-electron chi connectivity index (χ4n) is 1.82. The van der Waals surface area contributed by atoms with E-state index in [0.717, 1.165) is 6.42 Å². The standard InChI is InChI=1S/C13H14ClNO3/c1-8(2)6-7-15-10-5-3-4-9(14)11(10)12(16)18-13(15)17/h3-5,8H,6-7H2,1-2H3. The number of hydrogen-bond acceptors (Lipinski definition) is 3. The summed E-state index contributed by atoms with van der Waals surface area (Å²) in [7, 11) is 0. The molecular formula is C13H14ClNO3.